The summed E-state index contributed by atoms with van der Waals surface area (Å²) in [6.45, 7) is 5.99. The maximum Gasteiger partial charge on any atom is 0.242 e. The number of hydrogen-bond donors (Lipinski definition) is 3. The molecule has 18 heavy (non-hydrogen) atoms. The number of anilines is 2. The van der Waals surface area contributed by atoms with Crippen LogP contribution in [-0.4, -0.2) is 35.1 Å². The first kappa shape index (κ1) is 14.0. The second-order valence-electron chi connectivity index (χ2n) is 4.25. The highest BCUT2D eigenvalue weighted by molar-refractivity contribution is 5.87. The molecular formula is C11H19N5O2. The average molecular weight is 253 g/mol. The third kappa shape index (κ3) is 2.99. The second-order valence-corrected chi connectivity index (χ2v) is 4.25. The monoisotopic (exact) mass is 253 g/mol. The third-order valence-corrected chi connectivity index (χ3v) is 2.40. The van der Waals surface area contributed by atoms with E-state index >= 15 is 0 Å². The summed E-state index contributed by atoms with van der Waals surface area (Å²) in [6.07, 6.45) is 1.39. The SMILES string of the molecule is CCNc1ncnc(NC(C)(C)C(N)=O)c1OC. The summed E-state index contributed by atoms with van der Waals surface area (Å²) >= 11 is 0. The molecular weight excluding hydrogens is 234 g/mol. The number of nitrogens with one attached hydrogen (secondary N) is 2. The summed E-state index contributed by atoms with van der Waals surface area (Å²) in [6, 6.07) is 0. The molecule has 1 aromatic rings. The van der Waals surface area contributed by atoms with Crippen LogP contribution >= 0.6 is 0 Å². The van der Waals surface area contributed by atoms with Gasteiger partial charge in [-0.25, -0.2) is 9.97 Å². The van der Waals surface area contributed by atoms with E-state index < -0.39 is 11.4 Å². The lowest BCUT2D eigenvalue weighted by molar-refractivity contribution is -0.121. The van der Waals surface area contributed by atoms with Crippen molar-refractivity contribution in [3.8, 4) is 5.75 Å². The summed E-state index contributed by atoms with van der Waals surface area (Å²) in [5.74, 6) is 0.965. The molecule has 0 atom stereocenters. The highest BCUT2D eigenvalue weighted by atomic mass is 16.5. The first-order valence-electron chi connectivity index (χ1n) is 5.63. The van der Waals surface area contributed by atoms with E-state index in [1.165, 1.54) is 13.4 Å². The molecule has 0 aliphatic heterocycles. The molecule has 0 saturated heterocycles. The number of rotatable bonds is 6. The van der Waals surface area contributed by atoms with Crippen LogP contribution in [0.5, 0.6) is 5.75 Å². The van der Waals surface area contributed by atoms with Crippen LogP contribution in [0.25, 0.3) is 0 Å². The highest BCUT2D eigenvalue weighted by Gasteiger charge is 2.27. The number of amides is 1. The normalized spacial score (nSPS) is 10.9. The molecule has 7 nitrogen and oxygen atoms in total. The van der Waals surface area contributed by atoms with Gasteiger partial charge in [-0.05, 0) is 20.8 Å². The number of carbonyl (C=O) groups excluding carboxylic acids is 1. The Bertz CT molecular complexity index is 433. The number of nitrogens with zero attached hydrogens (tertiary/aromatic N) is 2. The number of primary amides is 1. The Labute approximate surface area is 106 Å². The highest BCUT2D eigenvalue weighted by Crippen LogP contribution is 2.30. The van der Waals surface area contributed by atoms with E-state index in [2.05, 4.69) is 20.6 Å². The van der Waals surface area contributed by atoms with E-state index in [1.54, 1.807) is 13.8 Å². The maximum atomic E-state index is 11.3. The van der Waals surface area contributed by atoms with E-state index in [4.69, 9.17) is 10.5 Å². The molecule has 1 rings (SSSR count). The fourth-order valence-corrected chi connectivity index (χ4v) is 1.31. The molecule has 0 unspecified atom stereocenters. The van der Waals surface area contributed by atoms with E-state index in [0.717, 1.165) is 0 Å². The van der Waals surface area contributed by atoms with Gasteiger partial charge in [0.05, 0.1) is 7.11 Å². The lowest BCUT2D eigenvalue weighted by Gasteiger charge is -2.24. The Hall–Kier alpha value is -2.05. The van der Waals surface area contributed by atoms with Crippen LogP contribution < -0.4 is 21.1 Å². The van der Waals surface area contributed by atoms with Gasteiger partial charge >= 0.3 is 0 Å². The van der Waals surface area contributed by atoms with Crippen molar-refractivity contribution < 1.29 is 9.53 Å². The number of ether oxygens (including phenoxy) is 1. The van der Waals surface area contributed by atoms with Crippen molar-refractivity contribution in [1.29, 1.82) is 0 Å². The molecule has 0 bridgehead atoms. The standard InChI is InChI=1S/C11H19N5O2/c1-5-13-8-7(18-4)9(15-6-14-8)16-11(2,3)10(12)17/h6H,5H2,1-4H3,(H2,12,17)(H2,13,14,15,16). The summed E-state index contributed by atoms with van der Waals surface area (Å²) in [5.41, 5.74) is 4.38. The zero-order valence-electron chi connectivity index (χ0n) is 11.1. The first-order valence-corrected chi connectivity index (χ1v) is 5.63. The molecule has 0 aliphatic carbocycles. The predicted octanol–water partition coefficient (Wildman–Crippen LogP) is 0.593. The molecule has 1 heterocycles. The third-order valence-electron chi connectivity index (χ3n) is 2.40. The van der Waals surface area contributed by atoms with Crippen molar-refractivity contribution in [2.24, 2.45) is 5.73 Å². The zero-order valence-corrected chi connectivity index (χ0v) is 11.1. The molecule has 0 spiro atoms. The maximum absolute atomic E-state index is 11.3. The lowest BCUT2D eigenvalue weighted by atomic mass is 10.1. The summed E-state index contributed by atoms with van der Waals surface area (Å²) in [7, 11) is 1.52. The number of aromatic nitrogens is 2. The van der Waals surface area contributed by atoms with Gasteiger partial charge in [0.15, 0.2) is 11.6 Å². The van der Waals surface area contributed by atoms with Gasteiger partial charge < -0.3 is 21.1 Å². The van der Waals surface area contributed by atoms with Crippen LogP contribution in [0.4, 0.5) is 11.6 Å². The van der Waals surface area contributed by atoms with E-state index in [-0.39, 0.29) is 0 Å². The van der Waals surface area contributed by atoms with Crippen LogP contribution in [0.1, 0.15) is 20.8 Å². The van der Waals surface area contributed by atoms with Crippen LogP contribution in [0, 0.1) is 0 Å². The van der Waals surface area contributed by atoms with Gasteiger partial charge in [-0.3, -0.25) is 4.79 Å². The lowest BCUT2D eigenvalue weighted by Crippen LogP contribution is -2.45. The first-order chi connectivity index (χ1) is 8.42. The fourth-order valence-electron chi connectivity index (χ4n) is 1.31. The minimum Gasteiger partial charge on any atom is -0.490 e. The zero-order chi connectivity index (χ0) is 13.8. The summed E-state index contributed by atoms with van der Waals surface area (Å²) in [4.78, 5) is 19.4. The molecule has 0 saturated carbocycles. The molecule has 0 fully saturated rings. The van der Waals surface area contributed by atoms with Crippen LogP contribution in [0.2, 0.25) is 0 Å². The number of nitrogens with two attached hydrogens (primary N) is 1. The molecule has 4 N–H and O–H groups in total. The average Bonchev–Trinajstić information content (AvgIpc) is 2.29. The topological polar surface area (TPSA) is 102 Å². The molecule has 0 aliphatic rings. The fraction of sp³-hybridized carbons (Fsp3) is 0.545. The van der Waals surface area contributed by atoms with Crippen LogP contribution in [0.15, 0.2) is 6.33 Å². The van der Waals surface area contributed by atoms with Crippen LogP contribution in [-0.2, 0) is 4.79 Å². The molecule has 1 aromatic heterocycles. The largest absolute Gasteiger partial charge is 0.490 e. The van der Waals surface area contributed by atoms with Crippen molar-refractivity contribution in [2.45, 2.75) is 26.3 Å². The minimum absolute atomic E-state index is 0.423. The van der Waals surface area contributed by atoms with Gasteiger partial charge in [-0.1, -0.05) is 0 Å². The number of methoxy groups -OCH3 is 1. The van der Waals surface area contributed by atoms with Crippen molar-refractivity contribution in [2.75, 3.05) is 24.3 Å². The molecule has 0 radical (unpaired) electrons. The van der Waals surface area contributed by atoms with Gasteiger partial charge in [0.25, 0.3) is 0 Å². The summed E-state index contributed by atoms with van der Waals surface area (Å²) < 4.78 is 5.25. The molecule has 0 aromatic carbocycles. The predicted molar refractivity (Wildman–Crippen MR) is 69.6 cm³/mol. The minimum atomic E-state index is -0.925. The van der Waals surface area contributed by atoms with Crippen molar-refractivity contribution in [1.82, 2.24) is 9.97 Å². The quantitative estimate of drug-likeness (QED) is 0.686. The number of hydrogen-bond acceptors (Lipinski definition) is 6. The molecule has 7 heteroatoms. The summed E-state index contributed by atoms with van der Waals surface area (Å²) in [5, 5.41) is 6.00. The van der Waals surface area contributed by atoms with Crippen molar-refractivity contribution in [3.05, 3.63) is 6.33 Å². The van der Waals surface area contributed by atoms with Gasteiger partial charge in [0.1, 0.15) is 11.9 Å². The van der Waals surface area contributed by atoms with Crippen LogP contribution in [0.3, 0.4) is 0 Å². The number of carbonyl (C=O) groups is 1. The molecule has 100 valence electrons. The van der Waals surface area contributed by atoms with E-state index in [0.29, 0.717) is 23.9 Å². The van der Waals surface area contributed by atoms with Crippen molar-refractivity contribution >= 4 is 17.5 Å². The van der Waals surface area contributed by atoms with Gasteiger partial charge in [0.2, 0.25) is 11.7 Å². The smallest absolute Gasteiger partial charge is 0.242 e. The Balaban J connectivity index is 3.09. The Kier molecular flexibility index (Phi) is 4.30. The van der Waals surface area contributed by atoms with Gasteiger partial charge in [-0.2, -0.15) is 0 Å². The Morgan fingerprint density at radius 2 is 2.06 bits per heavy atom. The van der Waals surface area contributed by atoms with E-state index in [9.17, 15) is 4.79 Å². The van der Waals surface area contributed by atoms with E-state index in [1.807, 2.05) is 6.92 Å². The Morgan fingerprint density at radius 1 is 1.44 bits per heavy atom. The Morgan fingerprint density at radius 3 is 2.56 bits per heavy atom. The van der Waals surface area contributed by atoms with Gasteiger partial charge in [-0.15, -0.1) is 0 Å². The van der Waals surface area contributed by atoms with Crippen molar-refractivity contribution in [3.63, 3.8) is 0 Å². The van der Waals surface area contributed by atoms with Gasteiger partial charge in [0, 0.05) is 6.54 Å². The second kappa shape index (κ2) is 5.52. The molecule has 1 amide bonds.